The maximum atomic E-state index is 7.73. The standard InChI is InChI=1S/C14H20BrN3/c1-9-5-6-18(10(2)7-9)13-4-3-11(15)8-12(13)14(16)17/h3-4,8-10H,5-7H2,1-2H3,(H3,16,17). The number of rotatable bonds is 2. The van der Waals surface area contributed by atoms with E-state index in [0.717, 1.165) is 28.2 Å². The van der Waals surface area contributed by atoms with Gasteiger partial charge in [-0.05, 0) is 43.9 Å². The Kier molecular flexibility index (Phi) is 3.95. The van der Waals surface area contributed by atoms with Crippen molar-refractivity contribution in [2.45, 2.75) is 32.7 Å². The van der Waals surface area contributed by atoms with E-state index in [4.69, 9.17) is 11.1 Å². The van der Waals surface area contributed by atoms with E-state index in [1.807, 2.05) is 12.1 Å². The molecule has 1 saturated heterocycles. The molecule has 0 radical (unpaired) electrons. The molecule has 3 nitrogen and oxygen atoms in total. The van der Waals surface area contributed by atoms with Crippen LogP contribution in [0.1, 0.15) is 32.3 Å². The largest absolute Gasteiger partial charge is 0.384 e. The molecular formula is C14H20BrN3. The second-order valence-corrected chi connectivity index (χ2v) is 6.16. The number of amidine groups is 1. The van der Waals surface area contributed by atoms with E-state index in [1.165, 1.54) is 12.8 Å². The summed E-state index contributed by atoms with van der Waals surface area (Å²) in [7, 11) is 0. The first-order valence-electron chi connectivity index (χ1n) is 6.39. The average molecular weight is 310 g/mol. The van der Waals surface area contributed by atoms with Crippen LogP contribution in [0.3, 0.4) is 0 Å². The van der Waals surface area contributed by atoms with Crippen molar-refractivity contribution in [2.75, 3.05) is 11.4 Å². The first kappa shape index (κ1) is 13.4. The molecule has 2 atom stereocenters. The van der Waals surface area contributed by atoms with E-state index < -0.39 is 0 Å². The van der Waals surface area contributed by atoms with Gasteiger partial charge in [0.1, 0.15) is 5.84 Å². The van der Waals surface area contributed by atoms with Gasteiger partial charge in [0.05, 0.1) is 0 Å². The molecule has 0 amide bonds. The minimum absolute atomic E-state index is 0.136. The Morgan fingerprint density at radius 3 is 2.78 bits per heavy atom. The molecule has 2 rings (SSSR count). The van der Waals surface area contributed by atoms with Crippen LogP contribution in [-0.2, 0) is 0 Å². The number of nitrogen functional groups attached to an aromatic ring is 1. The molecule has 1 aromatic rings. The molecule has 0 spiro atoms. The fourth-order valence-electron chi connectivity index (χ4n) is 2.74. The highest BCUT2D eigenvalue weighted by Gasteiger charge is 2.25. The highest BCUT2D eigenvalue weighted by atomic mass is 79.9. The van der Waals surface area contributed by atoms with Gasteiger partial charge in [0.2, 0.25) is 0 Å². The molecule has 0 saturated carbocycles. The van der Waals surface area contributed by atoms with E-state index in [-0.39, 0.29) is 5.84 Å². The van der Waals surface area contributed by atoms with Crippen LogP contribution < -0.4 is 10.6 Å². The number of nitrogens with two attached hydrogens (primary N) is 1. The van der Waals surface area contributed by atoms with Crippen LogP contribution in [0.5, 0.6) is 0 Å². The summed E-state index contributed by atoms with van der Waals surface area (Å²) >= 11 is 3.44. The van der Waals surface area contributed by atoms with E-state index in [1.54, 1.807) is 0 Å². The van der Waals surface area contributed by atoms with Gasteiger partial charge in [-0.2, -0.15) is 0 Å². The zero-order valence-corrected chi connectivity index (χ0v) is 12.5. The van der Waals surface area contributed by atoms with Crippen molar-refractivity contribution in [1.82, 2.24) is 0 Å². The Morgan fingerprint density at radius 2 is 2.17 bits per heavy atom. The Balaban J connectivity index is 2.35. The fourth-order valence-corrected chi connectivity index (χ4v) is 3.10. The zero-order valence-electron chi connectivity index (χ0n) is 10.9. The lowest BCUT2D eigenvalue weighted by atomic mass is 9.92. The molecule has 0 bridgehead atoms. The van der Waals surface area contributed by atoms with Gasteiger partial charge in [-0.1, -0.05) is 22.9 Å². The number of nitrogens with one attached hydrogen (secondary N) is 1. The van der Waals surface area contributed by atoms with Gasteiger partial charge in [0.25, 0.3) is 0 Å². The monoisotopic (exact) mass is 309 g/mol. The normalized spacial score (nSPS) is 24.1. The molecule has 1 aliphatic rings. The third kappa shape index (κ3) is 2.69. The van der Waals surface area contributed by atoms with Crippen molar-refractivity contribution in [3.8, 4) is 0 Å². The average Bonchev–Trinajstić information content (AvgIpc) is 2.29. The number of benzene rings is 1. The molecular weight excluding hydrogens is 290 g/mol. The molecule has 1 fully saturated rings. The van der Waals surface area contributed by atoms with Gasteiger partial charge in [0, 0.05) is 28.3 Å². The van der Waals surface area contributed by atoms with Crippen LogP contribution in [0.4, 0.5) is 5.69 Å². The van der Waals surface area contributed by atoms with Gasteiger partial charge in [-0.25, -0.2) is 0 Å². The van der Waals surface area contributed by atoms with Crippen molar-refractivity contribution in [3.63, 3.8) is 0 Å². The highest BCUT2D eigenvalue weighted by molar-refractivity contribution is 9.10. The van der Waals surface area contributed by atoms with Gasteiger partial charge < -0.3 is 10.6 Å². The summed E-state index contributed by atoms with van der Waals surface area (Å²) < 4.78 is 0.967. The fraction of sp³-hybridized carbons (Fsp3) is 0.500. The SMILES string of the molecule is CC1CCN(c2ccc(Br)cc2C(=N)N)C(C)C1. The third-order valence-corrected chi connectivity index (χ3v) is 4.19. The molecule has 1 heterocycles. The first-order valence-corrected chi connectivity index (χ1v) is 7.19. The Labute approximate surface area is 117 Å². The van der Waals surface area contributed by atoms with E-state index in [9.17, 15) is 0 Å². The topological polar surface area (TPSA) is 53.1 Å². The second kappa shape index (κ2) is 5.31. The third-order valence-electron chi connectivity index (χ3n) is 3.70. The molecule has 3 N–H and O–H groups in total. The number of anilines is 1. The highest BCUT2D eigenvalue weighted by Crippen LogP contribution is 2.31. The van der Waals surface area contributed by atoms with Gasteiger partial charge >= 0.3 is 0 Å². The predicted octanol–water partition coefficient (Wildman–Crippen LogP) is 3.36. The van der Waals surface area contributed by atoms with Gasteiger partial charge in [-0.15, -0.1) is 0 Å². The lowest BCUT2D eigenvalue weighted by Crippen LogP contribution is -2.41. The summed E-state index contributed by atoms with van der Waals surface area (Å²) in [6.07, 6.45) is 2.41. The summed E-state index contributed by atoms with van der Waals surface area (Å²) in [5, 5.41) is 7.73. The summed E-state index contributed by atoms with van der Waals surface area (Å²) in [6.45, 7) is 5.60. The minimum Gasteiger partial charge on any atom is -0.384 e. The maximum absolute atomic E-state index is 7.73. The van der Waals surface area contributed by atoms with Crippen molar-refractivity contribution in [1.29, 1.82) is 5.41 Å². The van der Waals surface area contributed by atoms with Crippen LogP contribution in [0, 0.1) is 11.3 Å². The van der Waals surface area contributed by atoms with Crippen LogP contribution >= 0.6 is 15.9 Å². The van der Waals surface area contributed by atoms with Crippen LogP contribution in [0.25, 0.3) is 0 Å². The molecule has 1 aromatic carbocycles. The number of hydrogen-bond acceptors (Lipinski definition) is 2. The number of piperidine rings is 1. The number of hydrogen-bond donors (Lipinski definition) is 2. The van der Waals surface area contributed by atoms with E-state index in [0.29, 0.717) is 6.04 Å². The first-order chi connectivity index (χ1) is 8.49. The Bertz CT molecular complexity index is 458. The van der Waals surface area contributed by atoms with Crippen molar-refractivity contribution in [3.05, 3.63) is 28.2 Å². The summed E-state index contributed by atoms with van der Waals surface area (Å²) in [6, 6.07) is 6.52. The van der Waals surface area contributed by atoms with Crippen molar-refractivity contribution < 1.29 is 0 Å². The van der Waals surface area contributed by atoms with Crippen LogP contribution in [0.2, 0.25) is 0 Å². The number of halogens is 1. The van der Waals surface area contributed by atoms with Crippen molar-refractivity contribution >= 4 is 27.5 Å². The molecule has 1 aliphatic heterocycles. The van der Waals surface area contributed by atoms with E-state index in [2.05, 4.69) is 40.7 Å². The van der Waals surface area contributed by atoms with Crippen molar-refractivity contribution in [2.24, 2.45) is 11.7 Å². The zero-order chi connectivity index (χ0) is 13.3. The molecule has 98 valence electrons. The lowest BCUT2D eigenvalue weighted by Gasteiger charge is -2.39. The smallest absolute Gasteiger partial charge is 0.124 e. The number of nitrogens with zero attached hydrogens (tertiary/aromatic N) is 1. The molecule has 0 aromatic heterocycles. The van der Waals surface area contributed by atoms with Crippen LogP contribution in [-0.4, -0.2) is 18.4 Å². The summed E-state index contributed by atoms with van der Waals surface area (Å²) in [5.74, 6) is 0.921. The maximum Gasteiger partial charge on any atom is 0.124 e. The molecule has 0 aliphatic carbocycles. The van der Waals surface area contributed by atoms with Gasteiger partial charge in [-0.3, -0.25) is 5.41 Å². The van der Waals surface area contributed by atoms with Gasteiger partial charge in [0.15, 0.2) is 0 Å². The summed E-state index contributed by atoms with van der Waals surface area (Å²) in [5.41, 5.74) is 7.61. The molecule has 4 heteroatoms. The second-order valence-electron chi connectivity index (χ2n) is 5.25. The Morgan fingerprint density at radius 1 is 1.44 bits per heavy atom. The van der Waals surface area contributed by atoms with E-state index >= 15 is 0 Å². The quantitative estimate of drug-likeness (QED) is 0.650. The predicted molar refractivity (Wildman–Crippen MR) is 80.4 cm³/mol. The van der Waals surface area contributed by atoms with Crippen LogP contribution in [0.15, 0.2) is 22.7 Å². The molecule has 18 heavy (non-hydrogen) atoms. The minimum atomic E-state index is 0.136. The summed E-state index contributed by atoms with van der Waals surface area (Å²) in [4.78, 5) is 2.38. The molecule has 2 unspecified atom stereocenters. The Hall–Kier alpha value is -1.03. The lowest BCUT2D eigenvalue weighted by molar-refractivity contribution is 0.378.